The van der Waals surface area contributed by atoms with Gasteiger partial charge in [-0.05, 0) is 17.7 Å². The number of nitrogens with one attached hydrogen (secondary N) is 3. The van der Waals surface area contributed by atoms with E-state index in [9.17, 15) is 9.18 Å². The number of hydrogen-bond donors (Lipinski definition) is 4. The van der Waals surface area contributed by atoms with Crippen LogP contribution in [0.1, 0.15) is 17.2 Å². The third-order valence-electron chi connectivity index (χ3n) is 4.67. The largest absolute Gasteiger partial charge is 0.398 e. The summed E-state index contributed by atoms with van der Waals surface area (Å²) in [6.07, 6.45) is 1.47. The Labute approximate surface area is 173 Å². The molecule has 0 unspecified atom stereocenters. The molecule has 0 saturated carbocycles. The predicted molar refractivity (Wildman–Crippen MR) is 111 cm³/mol. The average Bonchev–Trinajstić information content (AvgIpc) is 2.74. The van der Waals surface area contributed by atoms with E-state index < -0.39 is 12.1 Å². The van der Waals surface area contributed by atoms with Crippen LogP contribution in [-0.2, 0) is 9.47 Å². The zero-order chi connectivity index (χ0) is 21.5. The maximum atomic E-state index is 13.2. The number of anilines is 2. The SMILES string of the molecule is COC[C@H](NC(=O)Nc1cc(N)c(C(=N)N2CCOCC2)cn1)c1ccc(F)cc1. The van der Waals surface area contributed by atoms with Crippen LogP contribution < -0.4 is 16.4 Å². The first-order chi connectivity index (χ1) is 14.5. The molecule has 2 heterocycles. The summed E-state index contributed by atoms with van der Waals surface area (Å²) in [5.74, 6) is 0.163. The molecule has 1 fully saturated rings. The van der Waals surface area contributed by atoms with Crippen LogP contribution in [0, 0.1) is 11.2 Å². The number of morpholine rings is 1. The number of nitrogen functional groups attached to an aromatic ring is 1. The number of hydrogen-bond acceptors (Lipinski definition) is 6. The van der Waals surface area contributed by atoms with E-state index in [0.717, 1.165) is 0 Å². The van der Waals surface area contributed by atoms with E-state index in [-0.39, 0.29) is 24.1 Å². The van der Waals surface area contributed by atoms with Crippen molar-refractivity contribution in [1.29, 1.82) is 5.41 Å². The zero-order valence-electron chi connectivity index (χ0n) is 16.7. The minimum Gasteiger partial charge on any atom is -0.398 e. The molecule has 0 spiro atoms. The Kier molecular flexibility index (Phi) is 7.15. The number of aromatic nitrogens is 1. The third kappa shape index (κ3) is 5.43. The first-order valence-electron chi connectivity index (χ1n) is 9.47. The van der Waals surface area contributed by atoms with Crippen molar-refractivity contribution in [2.45, 2.75) is 6.04 Å². The van der Waals surface area contributed by atoms with Gasteiger partial charge in [0, 0.05) is 38.1 Å². The summed E-state index contributed by atoms with van der Waals surface area (Å²) in [5.41, 5.74) is 7.63. The first-order valence-corrected chi connectivity index (χ1v) is 9.47. The van der Waals surface area contributed by atoms with Crippen molar-refractivity contribution in [2.24, 2.45) is 0 Å². The van der Waals surface area contributed by atoms with Gasteiger partial charge in [-0.25, -0.2) is 14.2 Å². The minimum absolute atomic E-state index is 0.213. The van der Waals surface area contributed by atoms with Crippen LogP contribution in [0.3, 0.4) is 0 Å². The Balaban J connectivity index is 1.64. The standard InChI is InChI=1S/C20H25FN6O3/c1-29-12-17(13-2-4-14(21)5-3-13)25-20(28)26-18-10-16(22)15(11-24-18)19(23)27-6-8-30-9-7-27/h2-5,10-11,17,23H,6-9,12H2,1H3,(H4,22,24,25,26,28)/t17-/m0/s1. The normalized spacial score (nSPS) is 14.8. The number of rotatable bonds is 6. The van der Waals surface area contributed by atoms with Crippen molar-refractivity contribution in [3.63, 3.8) is 0 Å². The lowest BCUT2D eigenvalue weighted by Crippen LogP contribution is -2.41. The molecular formula is C20H25FN6O3. The average molecular weight is 416 g/mol. The summed E-state index contributed by atoms with van der Waals surface area (Å²) in [6.45, 7) is 2.57. The second kappa shape index (κ2) is 9.99. The molecule has 0 aliphatic carbocycles. The van der Waals surface area contributed by atoms with Crippen LogP contribution in [0.5, 0.6) is 0 Å². The molecule has 1 aliphatic heterocycles. The summed E-state index contributed by atoms with van der Waals surface area (Å²) < 4.78 is 23.6. The maximum Gasteiger partial charge on any atom is 0.320 e. The number of carbonyl (C=O) groups is 1. The molecule has 30 heavy (non-hydrogen) atoms. The van der Waals surface area contributed by atoms with Crippen molar-refractivity contribution in [1.82, 2.24) is 15.2 Å². The van der Waals surface area contributed by atoms with Gasteiger partial charge in [0.1, 0.15) is 17.5 Å². The molecule has 10 heteroatoms. The number of ether oxygens (including phenoxy) is 2. The van der Waals surface area contributed by atoms with Gasteiger partial charge >= 0.3 is 6.03 Å². The molecule has 0 bridgehead atoms. The predicted octanol–water partition coefficient (Wildman–Crippen LogP) is 1.97. The van der Waals surface area contributed by atoms with Gasteiger partial charge in [-0.1, -0.05) is 12.1 Å². The van der Waals surface area contributed by atoms with Crippen LogP contribution in [0.2, 0.25) is 0 Å². The molecule has 2 amide bonds. The molecule has 160 valence electrons. The van der Waals surface area contributed by atoms with E-state index in [1.807, 2.05) is 4.90 Å². The van der Waals surface area contributed by atoms with Gasteiger partial charge in [0.15, 0.2) is 0 Å². The number of amides is 2. The fourth-order valence-corrected chi connectivity index (χ4v) is 3.09. The molecule has 1 saturated heterocycles. The van der Waals surface area contributed by atoms with Gasteiger partial charge in [-0.3, -0.25) is 10.7 Å². The third-order valence-corrected chi connectivity index (χ3v) is 4.67. The Morgan fingerprint density at radius 3 is 2.70 bits per heavy atom. The quantitative estimate of drug-likeness (QED) is 0.421. The van der Waals surface area contributed by atoms with Gasteiger partial charge in [-0.2, -0.15) is 0 Å². The lowest BCUT2D eigenvalue weighted by molar-refractivity contribution is 0.0680. The van der Waals surface area contributed by atoms with Crippen molar-refractivity contribution >= 4 is 23.4 Å². The lowest BCUT2D eigenvalue weighted by Gasteiger charge is -2.29. The van der Waals surface area contributed by atoms with Crippen LogP contribution in [0.15, 0.2) is 36.5 Å². The first kappa shape index (κ1) is 21.5. The highest BCUT2D eigenvalue weighted by Crippen LogP contribution is 2.19. The fraction of sp³-hybridized carbons (Fsp3) is 0.350. The second-order valence-electron chi connectivity index (χ2n) is 6.76. The Bertz CT molecular complexity index is 887. The monoisotopic (exact) mass is 416 g/mol. The van der Waals surface area contributed by atoms with Crippen LogP contribution >= 0.6 is 0 Å². The number of carbonyl (C=O) groups excluding carboxylic acids is 1. The van der Waals surface area contributed by atoms with Gasteiger partial charge < -0.3 is 25.4 Å². The number of benzene rings is 1. The minimum atomic E-state index is -0.510. The molecule has 1 aliphatic rings. The van der Waals surface area contributed by atoms with Crippen molar-refractivity contribution in [3.8, 4) is 0 Å². The van der Waals surface area contributed by atoms with Crippen LogP contribution in [-0.4, -0.2) is 61.8 Å². The molecule has 1 aromatic carbocycles. The maximum absolute atomic E-state index is 13.2. The van der Waals surface area contributed by atoms with Crippen molar-refractivity contribution in [2.75, 3.05) is 51.1 Å². The number of nitrogens with zero attached hydrogens (tertiary/aromatic N) is 2. The highest BCUT2D eigenvalue weighted by atomic mass is 19.1. The van der Waals surface area contributed by atoms with Crippen LogP contribution in [0.25, 0.3) is 0 Å². The van der Waals surface area contributed by atoms with E-state index >= 15 is 0 Å². The summed E-state index contributed by atoms with van der Waals surface area (Å²) in [4.78, 5) is 18.5. The molecule has 2 aromatic rings. The molecule has 9 nitrogen and oxygen atoms in total. The molecule has 0 radical (unpaired) electrons. The number of urea groups is 1. The molecule has 1 atom stereocenters. The Morgan fingerprint density at radius 1 is 1.37 bits per heavy atom. The van der Waals surface area contributed by atoms with Crippen molar-refractivity contribution in [3.05, 3.63) is 53.5 Å². The number of methoxy groups -OCH3 is 1. The molecule has 5 N–H and O–H groups in total. The summed E-state index contributed by atoms with van der Waals surface area (Å²) in [7, 11) is 1.51. The smallest absolute Gasteiger partial charge is 0.320 e. The van der Waals surface area contributed by atoms with Crippen molar-refractivity contribution < 1.29 is 18.7 Å². The Morgan fingerprint density at radius 2 is 2.07 bits per heavy atom. The van der Waals surface area contributed by atoms with E-state index in [4.69, 9.17) is 20.6 Å². The number of halogens is 1. The van der Waals surface area contributed by atoms with Gasteiger partial charge in [0.25, 0.3) is 0 Å². The Hall–Kier alpha value is -3.24. The highest BCUT2D eigenvalue weighted by molar-refractivity contribution is 6.01. The summed E-state index contributed by atoms with van der Waals surface area (Å²) >= 11 is 0. The lowest BCUT2D eigenvalue weighted by atomic mass is 10.1. The van der Waals surface area contributed by atoms with E-state index in [0.29, 0.717) is 43.1 Å². The van der Waals surface area contributed by atoms with E-state index in [1.54, 1.807) is 12.1 Å². The van der Waals surface area contributed by atoms with Crippen LogP contribution in [0.4, 0.5) is 20.7 Å². The van der Waals surface area contributed by atoms with Gasteiger partial charge in [0.05, 0.1) is 31.4 Å². The number of nitrogens with two attached hydrogens (primary N) is 1. The molecular weight excluding hydrogens is 391 g/mol. The number of amidine groups is 1. The van der Waals surface area contributed by atoms with Gasteiger partial charge in [-0.15, -0.1) is 0 Å². The zero-order valence-corrected chi connectivity index (χ0v) is 16.7. The second-order valence-corrected chi connectivity index (χ2v) is 6.76. The van der Waals surface area contributed by atoms with Gasteiger partial charge in [0.2, 0.25) is 0 Å². The number of pyridine rings is 1. The fourth-order valence-electron chi connectivity index (χ4n) is 3.09. The van der Waals surface area contributed by atoms with E-state index in [1.165, 1.54) is 31.5 Å². The highest BCUT2D eigenvalue weighted by Gasteiger charge is 2.19. The molecule has 1 aromatic heterocycles. The van der Waals surface area contributed by atoms with E-state index in [2.05, 4.69) is 15.6 Å². The summed E-state index contributed by atoms with van der Waals surface area (Å²) in [5, 5.41) is 13.7. The summed E-state index contributed by atoms with van der Waals surface area (Å²) in [6, 6.07) is 6.34. The topological polar surface area (TPSA) is 126 Å². The molecule has 3 rings (SSSR count).